The molecule has 1 aromatic heterocycles. The first-order valence-corrected chi connectivity index (χ1v) is 19.7. The van der Waals surface area contributed by atoms with Gasteiger partial charge in [-0.05, 0) is 63.0 Å². The molecule has 12 nitrogen and oxygen atoms in total. The molecule has 4 fully saturated rings. The van der Waals surface area contributed by atoms with Gasteiger partial charge >= 0.3 is 0 Å². The third-order valence-corrected chi connectivity index (χ3v) is 12.2. The molecule has 2 aromatic rings. The van der Waals surface area contributed by atoms with Crippen LogP contribution in [0.4, 0.5) is 4.39 Å². The van der Waals surface area contributed by atoms with Gasteiger partial charge in [0.25, 0.3) is 5.56 Å². The van der Waals surface area contributed by atoms with Gasteiger partial charge in [0.1, 0.15) is 5.83 Å². The monoisotopic (exact) mass is 731 g/mol. The van der Waals surface area contributed by atoms with Crippen LogP contribution in [0.3, 0.4) is 0 Å². The number of piperidine rings is 2. The van der Waals surface area contributed by atoms with Crippen LogP contribution in [-0.4, -0.2) is 125 Å². The number of aromatic nitrogens is 2. The van der Waals surface area contributed by atoms with Gasteiger partial charge in [-0.2, -0.15) is 5.10 Å². The molecular weight excluding hydrogens is 677 g/mol. The van der Waals surface area contributed by atoms with Gasteiger partial charge < -0.3 is 25.2 Å². The van der Waals surface area contributed by atoms with Crippen LogP contribution in [0.5, 0.6) is 0 Å². The van der Waals surface area contributed by atoms with Crippen LogP contribution in [0.2, 0.25) is 0 Å². The van der Waals surface area contributed by atoms with Crippen molar-refractivity contribution in [2.24, 2.45) is 17.6 Å². The molecule has 286 valence electrons. The first kappa shape index (κ1) is 37.4. The van der Waals surface area contributed by atoms with Crippen molar-refractivity contribution in [1.82, 2.24) is 29.8 Å². The minimum Gasteiger partial charge on any atom is -0.375 e. The Labute approximate surface area is 310 Å². The Morgan fingerprint density at radius 2 is 1.47 bits per heavy atom. The number of allylic oxidation sites excluding steroid dienone is 3. The number of likely N-dealkylation sites (tertiary alicyclic amines) is 2. The molecule has 3 N–H and O–H groups in total. The van der Waals surface area contributed by atoms with Crippen molar-refractivity contribution in [1.29, 1.82) is 0 Å². The molecule has 13 heteroatoms. The highest BCUT2D eigenvalue weighted by Crippen LogP contribution is 2.31. The molecule has 3 amide bonds. The smallest absolute Gasteiger partial charge is 0.272 e. The maximum Gasteiger partial charge on any atom is 0.272 e. The van der Waals surface area contributed by atoms with Crippen LogP contribution < -0.4 is 11.3 Å². The van der Waals surface area contributed by atoms with Crippen molar-refractivity contribution in [3.05, 3.63) is 63.9 Å². The highest BCUT2D eigenvalue weighted by molar-refractivity contribution is 5.85. The number of nitrogens with one attached hydrogen (secondary N) is 1. The van der Waals surface area contributed by atoms with E-state index in [1.165, 1.54) is 25.3 Å². The summed E-state index contributed by atoms with van der Waals surface area (Å²) in [6.45, 7) is 4.90. The van der Waals surface area contributed by atoms with Crippen LogP contribution in [0.1, 0.15) is 69.9 Å². The molecule has 4 heterocycles. The van der Waals surface area contributed by atoms with E-state index in [-0.39, 0.29) is 48.0 Å². The fourth-order valence-electron chi connectivity index (χ4n) is 8.88. The second-order valence-corrected chi connectivity index (χ2v) is 15.6. The van der Waals surface area contributed by atoms with Crippen molar-refractivity contribution < 1.29 is 23.5 Å². The van der Waals surface area contributed by atoms with Crippen LogP contribution in [-0.2, 0) is 25.5 Å². The minimum absolute atomic E-state index is 0.0505. The second kappa shape index (κ2) is 17.0. The number of ether oxygens (including phenoxy) is 1. The van der Waals surface area contributed by atoms with Gasteiger partial charge in [0.2, 0.25) is 17.7 Å². The first-order chi connectivity index (χ1) is 25.7. The molecule has 3 aliphatic heterocycles. The van der Waals surface area contributed by atoms with Gasteiger partial charge in [0.05, 0.1) is 41.8 Å². The number of hydrogen-bond donors (Lipinski definition) is 2. The third kappa shape index (κ3) is 8.90. The van der Waals surface area contributed by atoms with Gasteiger partial charge in [-0.15, -0.1) is 0 Å². The Bertz CT molecular complexity index is 1750. The zero-order valence-corrected chi connectivity index (χ0v) is 30.7. The highest BCUT2D eigenvalue weighted by atomic mass is 19.1. The van der Waals surface area contributed by atoms with E-state index in [9.17, 15) is 19.2 Å². The van der Waals surface area contributed by atoms with E-state index in [1.807, 2.05) is 21.9 Å². The molecule has 2 aliphatic carbocycles. The molecule has 1 saturated carbocycles. The molecule has 0 bridgehead atoms. The normalized spacial score (nSPS) is 23.5. The Morgan fingerprint density at radius 1 is 0.830 bits per heavy atom. The van der Waals surface area contributed by atoms with Crippen molar-refractivity contribution in [3.63, 3.8) is 0 Å². The van der Waals surface area contributed by atoms with Crippen LogP contribution in [0, 0.1) is 11.8 Å². The molecule has 3 saturated heterocycles. The number of fused-ring (bicyclic) bond motifs is 1. The number of halogens is 1. The molecule has 53 heavy (non-hydrogen) atoms. The van der Waals surface area contributed by atoms with Crippen LogP contribution >= 0.6 is 0 Å². The predicted molar refractivity (Wildman–Crippen MR) is 199 cm³/mol. The lowest BCUT2D eigenvalue weighted by Crippen LogP contribution is -2.54. The maximum absolute atomic E-state index is 15.0. The summed E-state index contributed by atoms with van der Waals surface area (Å²) in [6, 6.07) is 6.87. The maximum atomic E-state index is 15.0. The first-order valence-electron chi connectivity index (χ1n) is 19.7. The topological polar surface area (TPSA) is 145 Å². The quantitative estimate of drug-likeness (QED) is 0.400. The number of aromatic amines is 1. The average Bonchev–Trinajstić information content (AvgIpc) is 3.20. The molecule has 0 spiro atoms. The van der Waals surface area contributed by atoms with E-state index in [4.69, 9.17) is 10.5 Å². The molecule has 2 atom stereocenters. The number of nitrogens with zero attached hydrogens (tertiary/aromatic N) is 5. The Balaban J connectivity index is 0.808. The summed E-state index contributed by atoms with van der Waals surface area (Å²) in [5.74, 6) is -1.16. The summed E-state index contributed by atoms with van der Waals surface area (Å²) in [5.41, 5.74) is 7.68. The van der Waals surface area contributed by atoms with Crippen molar-refractivity contribution in [3.8, 4) is 0 Å². The van der Waals surface area contributed by atoms with E-state index >= 15 is 4.39 Å². The van der Waals surface area contributed by atoms with Gasteiger partial charge in [-0.3, -0.25) is 24.1 Å². The van der Waals surface area contributed by atoms with E-state index in [0.717, 1.165) is 62.6 Å². The average molecular weight is 732 g/mol. The highest BCUT2D eigenvalue weighted by Gasteiger charge is 2.35. The van der Waals surface area contributed by atoms with Crippen LogP contribution in [0.25, 0.3) is 10.8 Å². The number of hydrogen-bond acceptors (Lipinski definition) is 8. The lowest BCUT2D eigenvalue weighted by Gasteiger charge is -2.39. The summed E-state index contributed by atoms with van der Waals surface area (Å²) in [5, 5.41) is 8.08. The van der Waals surface area contributed by atoms with Gasteiger partial charge in [-0.1, -0.05) is 49.1 Å². The minimum atomic E-state index is -0.908. The van der Waals surface area contributed by atoms with Crippen molar-refractivity contribution in [2.75, 3.05) is 58.9 Å². The lowest BCUT2D eigenvalue weighted by atomic mass is 9.83. The summed E-state index contributed by atoms with van der Waals surface area (Å²) in [4.78, 5) is 59.6. The Hall–Kier alpha value is -3.94. The van der Waals surface area contributed by atoms with E-state index < -0.39 is 11.7 Å². The van der Waals surface area contributed by atoms with Gasteiger partial charge in [-0.25, -0.2) is 9.49 Å². The Kier molecular flexibility index (Phi) is 12.0. The van der Waals surface area contributed by atoms with E-state index in [2.05, 4.69) is 15.1 Å². The number of nitrogens with two attached hydrogens (primary N) is 1. The fraction of sp³-hybridized carbons (Fsp3) is 0.625. The number of carbonyl (C=O) groups excluding carboxylic acids is 3. The predicted octanol–water partition coefficient (Wildman–Crippen LogP) is 3.32. The molecule has 7 rings (SSSR count). The van der Waals surface area contributed by atoms with Crippen molar-refractivity contribution in [2.45, 2.75) is 88.9 Å². The molecule has 5 aliphatic rings. The standard InChI is InChI=1S/C40H54FN7O5/c41-34-11-10-27(25-35-31-8-4-5-9-32(31)38(50)44-43-35)24-33(34)39(51)48-22-20-46(21-23-48)36(49)26-45-16-12-29(13-17-45)53-30-14-18-47(19-15-30)40(52)37(42)28-6-2-1-3-7-28/h4-5,8-11,28-30,33,37H,1-3,6-7,12-26,42H2,(H,44,50)/t33?,37-/m1/s1. The number of carbonyl (C=O) groups is 3. The number of amides is 3. The molecule has 1 aromatic carbocycles. The fourth-order valence-corrected chi connectivity index (χ4v) is 8.88. The molecule has 0 radical (unpaired) electrons. The second-order valence-electron chi connectivity index (χ2n) is 15.6. The van der Waals surface area contributed by atoms with Gasteiger partial charge in [0, 0.05) is 64.2 Å². The number of H-pyrrole nitrogens is 1. The summed E-state index contributed by atoms with van der Waals surface area (Å²) in [6.07, 6.45) is 13.1. The zero-order chi connectivity index (χ0) is 36.9. The Morgan fingerprint density at radius 3 is 2.17 bits per heavy atom. The van der Waals surface area contributed by atoms with Crippen molar-refractivity contribution >= 4 is 28.5 Å². The molecular formula is C40H54FN7O5. The largest absolute Gasteiger partial charge is 0.375 e. The number of piperazine rings is 1. The third-order valence-electron chi connectivity index (χ3n) is 12.2. The summed E-state index contributed by atoms with van der Waals surface area (Å²) in [7, 11) is 0. The zero-order valence-electron chi connectivity index (χ0n) is 30.7. The number of benzene rings is 1. The summed E-state index contributed by atoms with van der Waals surface area (Å²) >= 11 is 0. The van der Waals surface area contributed by atoms with E-state index in [1.54, 1.807) is 23.1 Å². The molecule has 1 unspecified atom stereocenters. The lowest BCUT2D eigenvalue weighted by molar-refractivity contribution is -0.142. The van der Waals surface area contributed by atoms with E-state index in [0.29, 0.717) is 69.2 Å². The van der Waals surface area contributed by atoms with Gasteiger partial charge in [0.15, 0.2) is 0 Å². The summed E-state index contributed by atoms with van der Waals surface area (Å²) < 4.78 is 21.5. The number of rotatable bonds is 9. The SMILES string of the molecule is N[C@@H](C(=O)N1CCC(OC2CCN(CC(=O)N3CCN(C(=O)C4CC(Cc5n[nH]c(=O)c6ccccc56)=CC=C4F)CC3)CC2)CC1)C1CCCCC1. The van der Waals surface area contributed by atoms with Crippen LogP contribution in [0.15, 0.2) is 52.6 Å².